The third-order valence-electron chi connectivity index (χ3n) is 3.03. The fourth-order valence-corrected chi connectivity index (χ4v) is 1.89. The van der Waals surface area contributed by atoms with Crippen molar-refractivity contribution < 1.29 is 4.74 Å². The van der Waals surface area contributed by atoms with E-state index in [1.165, 1.54) is 25.7 Å². The second-order valence-corrected chi connectivity index (χ2v) is 4.47. The second kappa shape index (κ2) is 5.61. The van der Waals surface area contributed by atoms with Crippen LogP contribution in [-0.2, 0) is 4.74 Å². The molecule has 2 N–H and O–H groups in total. The fraction of sp³-hybridized carbons (Fsp3) is 1.00. The Balaban J connectivity index is 2.18. The molecule has 1 rings (SSSR count). The zero-order chi connectivity index (χ0) is 9.68. The normalized spacial score (nSPS) is 31.6. The van der Waals surface area contributed by atoms with Crippen LogP contribution in [0.3, 0.4) is 0 Å². The maximum atomic E-state index is 5.87. The number of hydrogen-bond donors (Lipinski definition) is 1. The van der Waals surface area contributed by atoms with Gasteiger partial charge >= 0.3 is 0 Å². The highest BCUT2D eigenvalue weighted by atomic mass is 16.5. The van der Waals surface area contributed by atoms with Crippen molar-refractivity contribution in [1.82, 2.24) is 0 Å². The molecule has 0 saturated heterocycles. The molecule has 2 heteroatoms. The monoisotopic (exact) mass is 185 g/mol. The van der Waals surface area contributed by atoms with Gasteiger partial charge in [-0.1, -0.05) is 26.7 Å². The summed E-state index contributed by atoms with van der Waals surface area (Å²) in [6.07, 6.45) is 5.81. The summed E-state index contributed by atoms with van der Waals surface area (Å²) < 4.78 is 5.87. The summed E-state index contributed by atoms with van der Waals surface area (Å²) in [6, 6.07) is 0. The van der Waals surface area contributed by atoms with Gasteiger partial charge in [0.05, 0.1) is 12.7 Å². The molecule has 1 fully saturated rings. The van der Waals surface area contributed by atoms with E-state index in [4.69, 9.17) is 10.5 Å². The summed E-state index contributed by atoms with van der Waals surface area (Å²) >= 11 is 0. The van der Waals surface area contributed by atoms with E-state index in [0.29, 0.717) is 12.0 Å². The predicted octanol–water partition coefficient (Wildman–Crippen LogP) is 2.18. The standard InChI is InChI=1S/C11H23NO/c1-9(7-12)8-13-11-6-4-3-5-10(11)2/h9-11H,3-8,12H2,1-2H3. The van der Waals surface area contributed by atoms with Crippen molar-refractivity contribution in [3.05, 3.63) is 0 Å². The average Bonchev–Trinajstić information content (AvgIpc) is 2.16. The minimum atomic E-state index is 0.503. The molecule has 78 valence electrons. The van der Waals surface area contributed by atoms with E-state index in [1.807, 2.05) is 0 Å². The summed E-state index contributed by atoms with van der Waals surface area (Å²) in [5.74, 6) is 1.26. The first-order valence-corrected chi connectivity index (χ1v) is 5.55. The van der Waals surface area contributed by atoms with Gasteiger partial charge in [-0.25, -0.2) is 0 Å². The van der Waals surface area contributed by atoms with Crippen LogP contribution in [0.4, 0.5) is 0 Å². The van der Waals surface area contributed by atoms with Gasteiger partial charge in [-0.15, -0.1) is 0 Å². The first-order valence-electron chi connectivity index (χ1n) is 5.55. The molecule has 0 aromatic heterocycles. The maximum absolute atomic E-state index is 5.87. The van der Waals surface area contributed by atoms with E-state index >= 15 is 0 Å². The van der Waals surface area contributed by atoms with Crippen LogP contribution < -0.4 is 5.73 Å². The molecule has 0 bridgehead atoms. The SMILES string of the molecule is CC(CN)COC1CCCCC1C. The Hall–Kier alpha value is -0.0800. The highest BCUT2D eigenvalue weighted by molar-refractivity contribution is 4.72. The van der Waals surface area contributed by atoms with E-state index in [0.717, 1.165) is 19.1 Å². The van der Waals surface area contributed by atoms with E-state index in [-0.39, 0.29) is 0 Å². The van der Waals surface area contributed by atoms with Gasteiger partial charge in [0, 0.05) is 0 Å². The van der Waals surface area contributed by atoms with Crippen LogP contribution >= 0.6 is 0 Å². The van der Waals surface area contributed by atoms with Crippen LogP contribution in [-0.4, -0.2) is 19.3 Å². The Morgan fingerprint density at radius 1 is 1.38 bits per heavy atom. The Bertz CT molecular complexity index is 138. The van der Waals surface area contributed by atoms with E-state index < -0.39 is 0 Å². The van der Waals surface area contributed by atoms with Gasteiger partial charge in [0.2, 0.25) is 0 Å². The second-order valence-electron chi connectivity index (χ2n) is 4.47. The number of nitrogens with two attached hydrogens (primary N) is 1. The molecule has 0 radical (unpaired) electrons. The Morgan fingerprint density at radius 2 is 2.08 bits per heavy atom. The van der Waals surface area contributed by atoms with Gasteiger partial charge < -0.3 is 10.5 Å². The first kappa shape index (κ1) is 11.0. The van der Waals surface area contributed by atoms with E-state index in [1.54, 1.807) is 0 Å². The molecular formula is C11H23NO. The van der Waals surface area contributed by atoms with Crippen molar-refractivity contribution >= 4 is 0 Å². The first-order chi connectivity index (χ1) is 6.24. The Kier molecular flexibility index (Phi) is 4.74. The van der Waals surface area contributed by atoms with Gasteiger partial charge in [0.15, 0.2) is 0 Å². The lowest BCUT2D eigenvalue weighted by molar-refractivity contribution is -0.0181. The van der Waals surface area contributed by atoms with Crippen LogP contribution in [0.25, 0.3) is 0 Å². The number of rotatable bonds is 4. The Labute approximate surface area is 81.8 Å². The third kappa shape index (κ3) is 3.65. The molecule has 1 aliphatic rings. The van der Waals surface area contributed by atoms with Crippen LogP contribution in [0.5, 0.6) is 0 Å². The molecule has 0 spiro atoms. The van der Waals surface area contributed by atoms with Gasteiger partial charge in [-0.2, -0.15) is 0 Å². The molecule has 0 aromatic carbocycles. The largest absolute Gasteiger partial charge is 0.378 e. The summed E-state index contributed by atoms with van der Waals surface area (Å²) in [4.78, 5) is 0. The molecule has 3 unspecified atom stereocenters. The van der Waals surface area contributed by atoms with Gasteiger partial charge in [0.1, 0.15) is 0 Å². The summed E-state index contributed by atoms with van der Waals surface area (Å²) in [7, 11) is 0. The number of ether oxygens (including phenoxy) is 1. The van der Waals surface area contributed by atoms with Gasteiger partial charge in [0.25, 0.3) is 0 Å². The molecule has 2 nitrogen and oxygen atoms in total. The molecule has 0 amide bonds. The molecular weight excluding hydrogens is 162 g/mol. The lowest BCUT2D eigenvalue weighted by Gasteiger charge is -2.29. The van der Waals surface area contributed by atoms with Gasteiger partial charge in [-0.3, -0.25) is 0 Å². The minimum Gasteiger partial charge on any atom is -0.378 e. The topological polar surface area (TPSA) is 35.2 Å². The van der Waals surface area contributed by atoms with Crippen LogP contribution in [0, 0.1) is 11.8 Å². The van der Waals surface area contributed by atoms with E-state index in [2.05, 4.69) is 13.8 Å². The average molecular weight is 185 g/mol. The molecule has 3 atom stereocenters. The van der Waals surface area contributed by atoms with Crippen molar-refractivity contribution in [1.29, 1.82) is 0 Å². The zero-order valence-electron chi connectivity index (χ0n) is 8.96. The Morgan fingerprint density at radius 3 is 2.69 bits per heavy atom. The quantitative estimate of drug-likeness (QED) is 0.728. The molecule has 0 heterocycles. The van der Waals surface area contributed by atoms with Crippen molar-refractivity contribution in [2.24, 2.45) is 17.6 Å². The van der Waals surface area contributed by atoms with Crippen LogP contribution in [0.15, 0.2) is 0 Å². The minimum absolute atomic E-state index is 0.503. The molecule has 0 aliphatic heterocycles. The lowest BCUT2D eigenvalue weighted by Crippen LogP contribution is -2.28. The van der Waals surface area contributed by atoms with Crippen molar-refractivity contribution in [3.8, 4) is 0 Å². The molecule has 1 aliphatic carbocycles. The summed E-state index contributed by atoms with van der Waals surface area (Å²) in [5, 5.41) is 0. The predicted molar refractivity (Wildman–Crippen MR) is 55.6 cm³/mol. The van der Waals surface area contributed by atoms with Crippen LogP contribution in [0.1, 0.15) is 39.5 Å². The number of hydrogen-bond acceptors (Lipinski definition) is 2. The van der Waals surface area contributed by atoms with Gasteiger partial charge in [-0.05, 0) is 31.2 Å². The fourth-order valence-electron chi connectivity index (χ4n) is 1.89. The van der Waals surface area contributed by atoms with Crippen molar-refractivity contribution in [2.75, 3.05) is 13.2 Å². The third-order valence-corrected chi connectivity index (χ3v) is 3.03. The summed E-state index contributed by atoms with van der Waals surface area (Å²) in [5.41, 5.74) is 5.54. The molecule has 0 aromatic rings. The zero-order valence-corrected chi connectivity index (χ0v) is 8.96. The van der Waals surface area contributed by atoms with E-state index in [9.17, 15) is 0 Å². The smallest absolute Gasteiger partial charge is 0.0600 e. The molecule has 13 heavy (non-hydrogen) atoms. The highest BCUT2D eigenvalue weighted by Crippen LogP contribution is 2.26. The molecule has 1 saturated carbocycles. The summed E-state index contributed by atoms with van der Waals surface area (Å²) in [6.45, 7) is 6.02. The maximum Gasteiger partial charge on any atom is 0.0600 e. The van der Waals surface area contributed by atoms with Crippen molar-refractivity contribution in [2.45, 2.75) is 45.6 Å². The van der Waals surface area contributed by atoms with Crippen molar-refractivity contribution in [3.63, 3.8) is 0 Å². The highest BCUT2D eigenvalue weighted by Gasteiger charge is 2.21. The lowest BCUT2D eigenvalue weighted by atomic mass is 9.88. The van der Waals surface area contributed by atoms with Crippen LogP contribution in [0.2, 0.25) is 0 Å².